The summed E-state index contributed by atoms with van der Waals surface area (Å²) in [5.41, 5.74) is 1.73. The van der Waals surface area contributed by atoms with Crippen molar-refractivity contribution in [2.45, 2.75) is 0 Å². The SMILES string of the molecule is c1ccc(Oc2ccc(Nc3ccc4ccccc4n3)c(Oc3ccccc3)c2)cc1. The third kappa shape index (κ3) is 4.49. The highest BCUT2D eigenvalue weighted by molar-refractivity contribution is 5.81. The Labute approximate surface area is 180 Å². The number of fused-ring (bicyclic) bond motifs is 1. The van der Waals surface area contributed by atoms with Crippen LogP contribution in [0.25, 0.3) is 10.9 Å². The highest BCUT2D eigenvalue weighted by Crippen LogP contribution is 2.36. The summed E-state index contributed by atoms with van der Waals surface area (Å²) < 4.78 is 12.2. The molecule has 0 saturated carbocycles. The summed E-state index contributed by atoms with van der Waals surface area (Å²) in [6, 6.07) is 37.1. The maximum absolute atomic E-state index is 6.18. The lowest BCUT2D eigenvalue weighted by molar-refractivity contribution is 0.461. The molecule has 0 fully saturated rings. The average Bonchev–Trinajstić information content (AvgIpc) is 2.82. The van der Waals surface area contributed by atoms with Crippen LogP contribution in [0.2, 0.25) is 0 Å². The first kappa shape index (κ1) is 18.7. The molecule has 0 bridgehead atoms. The van der Waals surface area contributed by atoms with Crippen molar-refractivity contribution in [1.29, 1.82) is 0 Å². The first-order chi connectivity index (χ1) is 15.3. The number of benzene rings is 4. The number of nitrogens with zero attached hydrogens (tertiary/aromatic N) is 1. The Morgan fingerprint density at radius 3 is 2.00 bits per heavy atom. The Bertz CT molecular complexity index is 1300. The van der Waals surface area contributed by atoms with E-state index in [1.165, 1.54) is 0 Å². The fraction of sp³-hybridized carbons (Fsp3) is 0. The minimum atomic E-state index is 0.648. The summed E-state index contributed by atoms with van der Waals surface area (Å²) in [6.07, 6.45) is 0. The number of rotatable bonds is 6. The van der Waals surface area contributed by atoms with E-state index < -0.39 is 0 Å². The van der Waals surface area contributed by atoms with Gasteiger partial charge in [0.1, 0.15) is 23.1 Å². The third-order valence-electron chi connectivity index (χ3n) is 4.76. The van der Waals surface area contributed by atoms with Gasteiger partial charge in [0.15, 0.2) is 5.75 Å². The molecule has 1 aromatic heterocycles. The van der Waals surface area contributed by atoms with Crippen molar-refractivity contribution in [2.24, 2.45) is 0 Å². The summed E-state index contributed by atoms with van der Waals surface area (Å²) >= 11 is 0. The van der Waals surface area contributed by atoms with Crippen LogP contribution in [-0.2, 0) is 0 Å². The van der Waals surface area contributed by atoms with Crippen molar-refractivity contribution >= 4 is 22.4 Å². The van der Waals surface area contributed by atoms with Gasteiger partial charge in [0, 0.05) is 11.5 Å². The molecule has 0 aliphatic carbocycles. The summed E-state index contributed by atoms with van der Waals surface area (Å²) in [7, 11) is 0. The van der Waals surface area contributed by atoms with Gasteiger partial charge in [-0.2, -0.15) is 0 Å². The molecule has 31 heavy (non-hydrogen) atoms. The van der Waals surface area contributed by atoms with Gasteiger partial charge >= 0.3 is 0 Å². The topological polar surface area (TPSA) is 43.4 Å². The van der Waals surface area contributed by atoms with Crippen LogP contribution in [-0.4, -0.2) is 4.98 Å². The van der Waals surface area contributed by atoms with E-state index in [1.54, 1.807) is 0 Å². The van der Waals surface area contributed by atoms with Crippen LogP contribution < -0.4 is 14.8 Å². The standard InChI is InChI=1S/C27H20N2O2/c1-3-10-21(11-4-1)30-23-16-17-25(26(19-23)31-22-12-5-2-6-13-22)29-27-18-15-20-9-7-8-14-24(20)28-27/h1-19H,(H,28,29). The van der Waals surface area contributed by atoms with Crippen LogP contribution in [0.4, 0.5) is 11.5 Å². The molecule has 150 valence electrons. The molecule has 0 spiro atoms. The molecule has 0 radical (unpaired) electrons. The smallest absolute Gasteiger partial charge is 0.154 e. The summed E-state index contributed by atoms with van der Waals surface area (Å²) in [6.45, 7) is 0. The number of para-hydroxylation sites is 3. The first-order valence-corrected chi connectivity index (χ1v) is 10.1. The number of nitrogens with one attached hydrogen (secondary N) is 1. The zero-order valence-electron chi connectivity index (χ0n) is 16.7. The lowest BCUT2D eigenvalue weighted by Crippen LogP contribution is -1.97. The van der Waals surface area contributed by atoms with Crippen LogP contribution in [0.1, 0.15) is 0 Å². The van der Waals surface area contributed by atoms with Crippen LogP contribution in [0, 0.1) is 0 Å². The van der Waals surface area contributed by atoms with Crippen LogP contribution in [0.5, 0.6) is 23.0 Å². The zero-order valence-corrected chi connectivity index (χ0v) is 16.7. The zero-order chi connectivity index (χ0) is 20.9. The molecule has 1 heterocycles. The summed E-state index contributed by atoms with van der Waals surface area (Å²) in [5, 5.41) is 4.48. The predicted molar refractivity (Wildman–Crippen MR) is 124 cm³/mol. The molecule has 5 rings (SSSR count). The number of aromatic nitrogens is 1. The monoisotopic (exact) mass is 404 g/mol. The van der Waals surface area contributed by atoms with E-state index in [2.05, 4.69) is 11.4 Å². The highest BCUT2D eigenvalue weighted by Gasteiger charge is 2.10. The van der Waals surface area contributed by atoms with Gasteiger partial charge in [-0.25, -0.2) is 4.98 Å². The van der Waals surface area contributed by atoms with Crippen molar-refractivity contribution in [3.8, 4) is 23.0 Å². The van der Waals surface area contributed by atoms with Crippen molar-refractivity contribution in [3.63, 3.8) is 0 Å². The minimum absolute atomic E-state index is 0.648. The van der Waals surface area contributed by atoms with E-state index in [0.29, 0.717) is 11.5 Å². The molecule has 0 aliphatic heterocycles. The maximum Gasteiger partial charge on any atom is 0.154 e. The van der Waals surface area contributed by atoms with Gasteiger partial charge in [-0.1, -0.05) is 54.6 Å². The Balaban J connectivity index is 1.48. The molecule has 4 nitrogen and oxygen atoms in total. The Morgan fingerprint density at radius 2 is 1.23 bits per heavy atom. The number of anilines is 2. The first-order valence-electron chi connectivity index (χ1n) is 10.1. The summed E-state index contributed by atoms with van der Waals surface area (Å²) in [5.74, 6) is 3.59. The molecule has 4 heteroatoms. The lowest BCUT2D eigenvalue weighted by Gasteiger charge is -2.15. The largest absolute Gasteiger partial charge is 0.457 e. The summed E-state index contributed by atoms with van der Waals surface area (Å²) in [4.78, 5) is 4.71. The second kappa shape index (κ2) is 8.59. The molecule has 1 N–H and O–H groups in total. The van der Waals surface area contributed by atoms with Crippen LogP contribution >= 0.6 is 0 Å². The van der Waals surface area contributed by atoms with Gasteiger partial charge < -0.3 is 14.8 Å². The molecule has 4 aromatic carbocycles. The van der Waals surface area contributed by atoms with Crippen molar-refractivity contribution in [2.75, 3.05) is 5.32 Å². The van der Waals surface area contributed by atoms with E-state index in [4.69, 9.17) is 14.5 Å². The molecular weight excluding hydrogens is 384 g/mol. The molecule has 0 amide bonds. The van der Waals surface area contributed by atoms with Crippen LogP contribution in [0.15, 0.2) is 115 Å². The Hall–Kier alpha value is -4.31. The van der Waals surface area contributed by atoms with Crippen LogP contribution in [0.3, 0.4) is 0 Å². The molecule has 0 saturated heterocycles. The van der Waals surface area contributed by atoms with E-state index in [0.717, 1.165) is 33.9 Å². The van der Waals surface area contributed by atoms with Gasteiger partial charge in [-0.05, 0) is 54.6 Å². The second-order valence-electron chi connectivity index (χ2n) is 7.00. The van der Waals surface area contributed by atoms with E-state index in [1.807, 2.05) is 109 Å². The third-order valence-corrected chi connectivity index (χ3v) is 4.76. The normalized spacial score (nSPS) is 10.6. The van der Waals surface area contributed by atoms with E-state index in [9.17, 15) is 0 Å². The van der Waals surface area contributed by atoms with E-state index in [-0.39, 0.29) is 0 Å². The molecule has 5 aromatic rings. The van der Waals surface area contributed by atoms with Gasteiger partial charge in [0.05, 0.1) is 11.2 Å². The van der Waals surface area contributed by atoms with Gasteiger partial charge in [0.25, 0.3) is 0 Å². The molecular formula is C27H20N2O2. The quantitative estimate of drug-likeness (QED) is 0.317. The predicted octanol–water partition coefficient (Wildman–Crippen LogP) is 7.56. The molecule has 0 aliphatic rings. The maximum atomic E-state index is 6.18. The van der Waals surface area contributed by atoms with Gasteiger partial charge in [-0.3, -0.25) is 0 Å². The number of hydrogen-bond acceptors (Lipinski definition) is 4. The number of pyridine rings is 1. The van der Waals surface area contributed by atoms with Gasteiger partial charge in [-0.15, -0.1) is 0 Å². The number of ether oxygens (including phenoxy) is 2. The van der Waals surface area contributed by atoms with Crippen molar-refractivity contribution in [1.82, 2.24) is 4.98 Å². The highest BCUT2D eigenvalue weighted by atomic mass is 16.5. The number of hydrogen-bond donors (Lipinski definition) is 1. The van der Waals surface area contributed by atoms with Gasteiger partial charge in [0.2, 0.25) is 0 Å². The average molecular weight is 404 g/mol. The fourth-order valence-electron chi connectivity index (χ4n) is 3.27. The van der Waals surface area contributed by atoms with E-state index >= 15 is 0 Å². The lowest BCUT2D eigenvalue weighted by atomic mass is 10.2. The molecule has 0 unspecified atom stereocenters. The Kier molecular flexibility index (Phi) is 5.18. The van der Waals surface area contributed by atoms with Crippen molar-refractivity contribution < 1.29 is 9.47 Å². The second-order valence-corrected chi connectivity index (χ2v) is 7.00. The fourth-order valence-corrected chi connectivity index (χ4v) is 3.27. The molecule has 0 atom stereocenters. The van der Waals surface area contributed by atoms with Crippen molar-refractivity contribution in [3.05, 3.63) is 115 Å². The Morgan fingerprint density at radius 1 is 0.548 bits per heavy atom. The minimum Gasteiger partial charge on any atom is -0.457 e.